The molecule has 1 aliphatic heterocycles. The summed E-state index contributed by atoms with van der Waals surface area (Å²) in [7, 11) is 0. The zero-order valence-electron chi connectivity index (χ0n) is 14.1. The van der Waals surface area contributed by atoms with Crippen molar-refractivity contribution in [3.05, 3.63) is 58.8 Å². The molecule has 0 radical (unpaired) electrons. The smallest absolute Gasteiger partial charge is 0.225 e. The Morgan fingerprint density at radius 2 is 1.88 bits per heavy atom. The number of piperazine rings is 1. The molecule has 3 aromatic rings. The number of nitrogens with one attached hydrogen (secondary N) is 1. The van der Waals surface area contributed by atoms with Crippen LogP contribution in [0.3, 0.4) is 0 Å². The van der Waals surface area contributed by atoms with Crippen LogP contribution in [0, 0.1) is 4.77 Å². The Morgan fingerprint density at radius 3 is 2.62 bits per heavy atom. The molecular weight excluding hydrogens is 370 g/mol. The average Bonchev–Trinajstić information content (AvgIpc) is 3.03. The molecule has 1 saturated heterocycles. The lowest BCUT2D eigenvalue weighted by atomic mass is 10.3. The number of rotatable bonds is 4. The summed E-state index contributed by atoms with van der Waals surface area (Å²) in [6.45, 7) is 4.56. The van der Waals surface area contributed by atoms with Crippen molar-refractivity contribution in [1.29, 1.82) is 0 Å². The number of benzene rings is 1. The van der Waals surface area contributed by atoms with Crippen molar-refractivity contribution in [2.45, 2.75) is 6.67 Å². The maximum atomic E-state index is 6.08. The molecule has 1 aromatic carbocycles. The first-order valence-corrected chi connectivity index (χ1v) is 9.25. The van der Waals surface area contributed by atoms with E-state index in [9.17, 15) is 0 Å². The second kappa shape index (κ2) is 7.53. The summed E-state index contributed by atoms with van der Waals surface area (Å²) in [6.07, 6.45) is 5.31. The highest BCUT2D eigenvalue weighted by Crippen LogP contribution is 2.14. The monoisotopic (exact) mass is 388 g/mol. The lowest BCUT2D eigenvalue weighted by Gasteiger charge is -2.31. The van der Waals surface area contributed by atoms with Crippen molar-refractivity contribution < 1.29 is 4.90 Å². The van der Waals surface area contributed by atoms with Gasteiger partial charge in [0.15, 0.2) is 6.67 Å². The highest BCUT2D eigenvalue weighted by molar-refractivity contribution is 7.71. The number of nitrogens with zero attached hydrogens (tertiary/aromatic N) is 6. The van der Waals surface area contributed by atoms with Gasteiger partial charge in [-0.2, -0.15) is 9.78 Å². The van der Waals surface area contributed by atoms with Crippen LogP contribution < -0.4 is 9.80 Å². The van der Waals surface area contributed by atoms with E-state index in [2.05, 4.69) is 20.0 Å². The number of anilines is 1. The second-order valence-corrected chi connectivity index (χ2v) is 7.01. The molecule has 134 valence electrons. The van der Waals surface area contributed by atoms with Gasteiger partial charge < -0.3 is 9.80 Å². The molecular formula is C17H19ClN7S+. The number of aromatic nitrogens is 5. The lowest BCUT2D eigenvalue weighted by Crippen LogP contribution is -3.14. The summed E-state index contributed by atoms with van der Waals surface area (Å²) in [4.78, 5) is 12.3. The van der Waals surface area contributed by atoms with Gasteiger partial charge in [-0.15, -0.1) is 0 Å². The Hall–Kier alpha value is -2.29. The summed E-state index contributed by atoms with van der Waals surface area (Å²) < 4.78 is 4.43. The molecule has 1 fully saturated rings. The number of hydrogen-bond donors (Lipinski definition) is 1. The Bertz CT molecular complexity index is 932. The van der Waals surface area contributed by atoms with Crippen LogP contribution in [0.5, 0.6) is 0 Å². The summed E-state index contributed by atoms with van der Waals surface area (Å²) in [6, 6.07) is 9.45. The summed E-state index contributed by atoms with van der Waals surface area (Å²) in [5, 5.41) is 5.15. The fourth-order valence-electron chi connectivity index (χ4n) is 3.10. The van der Waals surface area contributed by atoms with E-state index in [1.54, 1.807) is 18.7 Å². The maximum absolute atomic E-state index is 6.08. The van der Waals surface area contributed by atoms with Crippen LogP contribution >= 0.6 is 23.8 Å². The van der Waals surface area contributed by atoms with Crippen molar-refractivity contribution in [2.24, 2.45) is 0 Å². The zero-order chi connectivity index (χ0) is 17.9. The number of halogens is 1. The van der Waals surface area contributed by atoms with E-state index >= 15 is 0 Å². The standard InChI is InChI=1S/C17H18ClN7S/c18-14-3-1-4-15(11-14)24-12-21-25(17(24)26)13-22-7-9-23(10-8-22)16-19-5-2-6-20-16/h1-6,11-12H,7-10,13H2/p+1. The van der Waals surface area contributed by atoms with Gasteiger partial charge in [-0.05, 0) is 36.5 Å². The van der Waals surface area contributed by atoms with Crippen molar-refractivity contribution in [3.8, 4) is 5.69 Å². The van der Waals surface area contributed by atoms with Crippen LogP contribution in [-0.4, -0.2) is 50.5 Å². The first-order chi connectivity index (χ1) is 12.7. The molecule has 7 nitrogen and oxygen atoms in total. The van der Waals surface area contributed by atoms with Gasteiger partial charge in [0, 0.05) is 17.4 Å². The molecule has 0 atom stereocenters. The highest BCUT2D eigenvalue weighted by atomic mass is 35.5. The number of hydrogen-bond acceptors (Lipinski definition) is 5. The van der Waals surface area contributed by atoms with E-state index in [1.807, 2.05) is 39.6 Å². The molecule has 3 heterocycles. The fraction of sp³-hybridized carbons (Fsp3) is 0.294. The largest absolute Gasteiger partial charge is 0.330 e. The van der Waals surface area contributed by atoms with E-state index in [0.717, 1.165) is 44.5 Å². The van der Waals surface area contributed by atoms with Crippen LogP contribution in [0.25, 0.3) is 5.69 Å². The summed E-state index contributed by atoms with van der Waals surface area (Å²) in [5.41, 5.74) is 0.926. The molecule has 9 heteroatoms. The van der Waals surface area contributed by atoms with Crippen LogP contribution in [0.1, 0.15) is 0 Å². The van der Waals surface area contributed by atoms with E-state index in [4.69, 9.17) is 23.8 Å². The predicted molar refractivity (Wildman–Crippen MR) is 102 cm³/mol. The molecule has 4 rings (SSSR count). The minimum absolute atomic E-state index is 0.675. The SMILES string of the molecule is S=c1n(-c2cccc(Cl)c2)cnn1C[NH+]1CCN(c2ncccn2)CC1. The molecule has 26 heavy (non-hydrogen) atoms. The van der Waals surface area contributed by atoms with Gasteiger partial charge in [0.2, 0.25) is 10.7 Å². The van der Waals surface area contributed by atoms with Gasteiger partial charge in [0.1, 0.15) is 6.33 Å². The highest BCUT2D eigenvalue weighted by Gasteiger charge is 2.22. The minimum Gasteiger partial charge on any atom is -0.330 e. The molecule has 1 N–H and O–H groups in total. The first kappa shape index (κ1) is 17.1. The van der Waals surface area contributed by atoms with Crippen molar-refractivity contribution >= 4 is 29.8 Å². The van der Waals surface area contributed by atoms with Gasteiger partial charge in [0.25, 0.3) is 0 Å². The summed E-state index contributed by atoms with van der Waals surface area (Å²) in [5.74, 6) is 0.799. The molecule has 0 unspecified atom stereocenters. The predicted octanol–water partition coefficient (Wildman–Crippen LogP) is 1.21. The van der Waals surface area contributed by atoms with Crippen LogP contribution in [0.2, 0.25) is 5.02 Å². The fourth-order valence-corrected chi connectivity index (χ4v) is 3.54. The van der Waals surface area contributed by atoms with Crippen LogP contribution in [0.15, 0.2) is 49.1 Å². The molecule has 0 aliphatic carbocycles. The summed E-state index contributed by atoms with van der Waals surface area (Å²) >= 11 is 11.7. The minimum atomic E-state index is 0.675. The molecule has 2 aromatic heterocycles. The van der Waals surface area contributed by atoms with Gasteiger partial charge in [-0.3, -0.25) is 4.57 Å². The molecule has 0 amide bonds. The van der Waals surface area contributed by atoms with E-state index in [1.165, 1.54) is 4.90 Å². The van der Waals surface area contributed by atoms with Gasteiger partial charge in [-0.1, -0.05) is 17.7 Å². The molecule has 0 spiro atoms. The zero-order valence-corrected chi connectivity index (χ0v) is 15.7. The van der Waals surface area contributed by atoms with Gasteiger partial charge >= 0.3 is 0 Å². The van der Waals surface area contributed by atoms with Crippen molar-refractivity contribution in [3.63, 3.8) is 0 Å². The first-order valence-electron chi connectivity index (χ1n) is 8.46. The Morgan fingerprint density at radius 1 is 1.12 bits per heavy atom. The Labute approximate surface area is 161 Å². The second-order valence-electron chi connectivity index (χ2n) is 6.21. The van der Waals surface area contributed by atoms with E-state index in [-0.39, 0.29) is 0 Å². The third-order valence-corrected chi connectivity index (χ3v) is 5.14. The van der Waals surface area contributed by atoms with Gasteiger partial charge in [0.05, 0.1) is 31.9 Å². The van der Waals surface area contributed by atoms with E-state index in [0.29, 0.717) is 9.79 Å². The van der Waals surface area contributed by atoms with Crippen LogP contribution in [0.4, 0.5) is 5.95 Å². The Balaban J connectivity index is 1.42. The Kier molecular flexibility index (Phi) is 4.96. The van der Waals surface area contributed by atoms with E-state index < -0.39 is 0 Å². The van der Waals surface area contributed by atoms with Gasteiger partial charge in [-0.25, -0.2) is 9.97 Å². The maximum Gasteiger partial charge on any atom is 0.225 e. The molecule has 0 bridgehead atoms. The third-order valence-electron chi connectivity index (χ3n) is 4.50. The quantitative estimate of drug-likeness (QED) is 0.681. The average molecular weight is 389 g/mol. The third kappa shape index (κ3) is 3.62. The van der Waals surface area contributed by atoms with Crippen LogP contribution in [-0.2, 0) is 6.67 Å². The number of quaternary nitrogens is 1. The molecule has 1 aliphatic rings. The lowest BCUT2D eigenvalue weighted by molar-refractivity contribution is -0.924. The normalized spacial score (nSPS) is 15.3. The topological polar surface area (TPSA) is 56.2 Å². The van der Waals surface area contributed by atoms with Crippen molar-refractivity contribution in [1.82, 2.24) is 24.3 Å². The molecule has 0 saturated carbocycles. The van der Waals surface area contributed by atoms with Crippen molar-refractivity contribution in [2.75, 3.05) is 31.1 Å².